The number of hydrogen-bond acceptors (Lipinski definition) is 2. The van der Waals surface area contributed by atoms with Crippen molar-refractivity contribution < 1.29 is 9.18 Å². The van der Waals surface area contributed by atoms with Gasteiger partial charge in [0, 0.05) is 25.2 Å². The number of benzene rings is 1. The van der Waals surface area contributed by atoms with Gasteiger partial charge in [-0.25, -0.2) is 4.39 Å². The van der Waals surface area contributed by atoms with Crippen LogP contribution < -0.4 is 5.32 Å². The molecule has 2 aliphatic rings. The van der Waals surface area contributed by atoms with Gasteiger partial charge in [0.05, 0.1) is 5.54 Å². The molecule has 1 amide bonds. The zero-order chi connectivity index (χ0) is 11.9. The van der Waals surface area contributed by atoms with Gasteiger partial charge in [-0.05, 0) is 37.1 Å². The lowest BCUT2D eigenvalue weighted by molar-refractivity contribution is 0.0600. The normalized spacial score (nSPS) is 20.4. The molecule has 18 heavy (non-hydrogen) atoms. The number of rotatable bonds is 1. The van der Waals surface area contributed by atoms with E-state index in [-0.39, 0.29) is 29.7 Å². The average Bonchev–Trinajstić information content (AvgIpc) is 3.10. The summed E-state index contributed by atoms with van der Waals surface area (Å²) in [5.41, 5.74) is 0.628. The highest BCUT2D eigenvalue weighted by atomic mass is 35.5. The second-order valence-corrected chi connectivity index (χ2v) is 4.86. The lowest BCUT2D eigenvalue weighted by Gasteiger charge is -2.36. The zero-order valence-corrected chi connectivity index (χ0v) is 10.8. The van der Waals surface area contributed by atoms with Crippen LogP contribution in [0.2, 0.25) is 0 Å². The highest BCUT2D eigenvalue weighted by molar-refractivity contribution is 5.95. The first kappa shape index (κ1) is 13.3. The quantitative estimate of drug-likeness (QED) is 0.844. The molecule has 3 nitrogen and oxygen atoms in total. The van der Waals surface area contributed by atoms with Crippen LogP contribution in [-0.4, -0.2) is 36.0 Å². The van der Waals surface area contributed by atoms with Gasteiger partial charge in [-0.3, -0.25) is 4.79 Å². The number of halogens is 2. The van der Waals surface area contributed by atoms with E-state index in [0.717, 1.165) is 32.5 Å². The Hall–Kier alpha value is -1.13. The van der Waals surface area contributed by atoms with Crippen LogP contribution in [0.5, 0.6) is 0 Å². The molecule has 3 rings (SSSR count). The van der Waals surface area contributed by atoms with Crippen LogP contribution in [0.1, 0.15) is 23.2 Å². The van der Waals surface area contributed by atoms with E-state index < -0.39 is 0 Å². The summed E-state index contributed by atoms with van der Waals surface area (Å²) < 4.78 is 12.8. The minimum absolute atomic E-state index is 0. The highest BCUT2D eigenvalue weighted by Crippen LogP contribution is 2.42. The van der Waals surface area contributed by atoms with Crippen molar-refractivity contribution in [3.05, 3.63) is 35.6 Å². The minimum Gasteiger partial charge on any atom is -0.330 e. The van der Waals surface area contributed by atoms with Crippen LogP contribution in [0.4, 0.5) is 4.39 Å². The molecule has 0 radical (unpaired) electrons. The Morgan fingerprint density at radius 1 is 1.28 bits per heavy atom. The molecular weight excluding hydrogens is 255 g/mol. The lowest BCUT2D eigenvalue weighted by Crippen LogP contribution is -2.55. The first-order chi connectivity index (χ1) is 8.21. The molecule has 0 unspecified atom stereocenters. The van der Waals surface area contributed by atoms with Crippen molar-refractivity contribution in [1.29, 1.82) is 0 Å². The van der Waals surface area contributed by atoms with Crippen LogP contribution in [0.3, 0.4) is 0 Å². The van der Waals surface area contributed by atoms with Crippen molar-refractivity contribution in [3.8, 4) is 0 Å². The van der Waals surface area contributed by atoms with Gasteiger partial charge in [0.2, 0.25) is 0 Å². The van der Waals surface area contributed by atoms with Crippen LogP contribution in [0.15, 0.2) is 24.3 Å². The number of hydrogen-bond donors (Lipinski definition) is 1. The van der Waals surface area contributed by atoms with Crippen molar-refractivity contribution in [1.82, 2.24) is 10.2 Å². The van der Waals surface area contributed by atoms with E-state index in [1.54, 1.807) is 12.1 Å². The van der Waals surface area contributed by atoms with Gasteiger partial charge in [-0.1, -0.05) is 0 Å². The fourth-order valence-corrected chi connectivity index (χ4v) is 2.50. The van der Waals surface area contributed by atoms with E-state index in [0.29, 0.717) is 5.56 Å². The first-order valence-corrected chi connectivity index (χ1v) is 6.00. The van der Waals surface area contributed by atoms with E-state index in [1.807, 2.05) is 4.90 Å². The molecule has 1 aliphatic heterocycles. The van der Waals surface area contributed by atoms with Gasteiger partial charge in [-0.15, -0.1) is 12.4 Å². The summed E-state index contributed by atoms with van der Waals surface area (Å²) in [5.74, 6) is -0.271. The maximum absolute atomic E-state index is 12.8. The third-order valence-corrected chi connectivity index (χ3v) is 3.70. The maximum Gasteiger partial charge on any atom is 0.254 e. The Morgan fingerprint density at radius 2 is 1.94 bits per heavy atom. The Morgan fingerprint density at radius 3 is 2.56 bits per heavy atom. The van der Waals surface area contributed by atoms with E-state index >= 15 is 0 Å². The summed E-state index contributed by atoms with van der Waals surface area (Å²) in [6, 6.07) is 5.82. The van der Waals surface area contributed by atoms with Gasteiger partial charge in [0.25, 0.3) is 5.91 Å². The van der Waals surface area contributed by atoms with Crippen molar-refractivity contribution in [2.75, 3.05) is 19.6 Å². The molecule has 0 bridgehead atoms. The van der Waals surface area contributed by atoms with E-state index in [1.165, 1.54) is 12.1 Å². The monoisotopic (exact) mass is 270 g/mol. The number of nitrogens with zero attached hydrogens (tertiary/aromatic N) is 1. The molecule has 1 aromatic carbocycles. The summed E-state index contributed by atoms with van der Waals surface area (Å²) >= 11 is 0. The molecule has 1 heterocycles. The zero-order valence-electron chi connectivity index (χ0n) is 9.99. The van der Waals surface area contributed by atoms with E-state index in [9.17, 15) is 9.18 Å². The molecule has 1 spiro atoms. The van der Waals surface area contributed by atoms with Crippen molar-refractivity contribution in [2.45, 2.75) is 18.4 Å². The standard InChI is InChI=1S/C13H15FN2O.ClH/c14-11-3-1-10(2-4-11)12(17)16-8-7-15-9-13(16)5-6-13;/h1-4,15H,5-9H2;1H. The van der Waals surface area contributed by atoms with Crippen LogP contribution >= 0.6 is 12.4 Å². The van der Waals surface area contributed by atoms with Crippen molar-refractivity contribution in [2.24, 2.45) is 0 Å². The fourth-order valence-electron chi connectivity index (χ4n) is 2.50. The third-order valence-electron chi connectivity index (χ3n) is 3.70. The van der Waals surface area contributed by atoms with Gasteiger partial charge in [0.15, 0.2) is 0 Å². The number of nitrogens with one attached hydrogen (secondary N) is 1. The molecule has 5 heteroatoms. The first-order valence-electron chi connectivity index (χ1n) is 6.00. The molecule has 0 atom stereocenters. The van der Waals surface area contributed by atoms with Crippen molar-refractivity contribution in [3.63, 3.8) is 0 Å². The molecule has 1 aromatic rings. The summed E-state index contributed by atoms with van der Waals surface area (Å²) in [6.45, 7) is 2.48. The fraction of sp³-hybridized carbons (Fsp3) is 0.462. The average molecular weight is 271 g/mol. The van der Waals surface area contributed by atoms with Crippen LogP contribution in [0, 0.1) is 5.82 Å². The number of carbonyl (C=O) groups excluding carboxylic acids is 1. The molecule has 1 aliphatic carbocycles. The van der Waals surface area contributed by atoms with Gasteiger partial charge in [-0.2, -0.15) is 0 Å². The number of amides is 1. The topological polar surface area (TPSA) is 32.3 Å². The largest absolute Gasteiger partial charge is 0.330 e. The molecule has 0 aromatic heterocycles. The Bertz CT molecular complexity index is 445. The second-order valence-electron chi connectivity index (χ2n) is 4.86. The minimum atomic E-state index is -0.303. The predicted octanol–water partition coefficient (Wildman–Crippen LogP) is 1.83. The van der Waals surface area contributed by atoms with Gasteiger partial charge >= 0.3 is 0 Å². The molecule has 1 N–H and O–H groups in total. The summed E-state index contributed by atoms with van der Waals surface area (Å²) in [5, 5.41) is 3.33. The van der Waals surface area contributed by atoms with Crippen molar-refractivity contribution >= 4 is 18.3 Å². The Labute approximate surface area is 112 Å². The SMILES string of the molecule is Cl.O=C(c1ccc(F)cc1)N1CCNCC12CC2. The molecule has 1 saturated carbocycles. The molecule has 2 fully saturated rings. The number of carbonyl (C=O) groups is 1. The van der Waals surface area contributed by atoms with Gasteiger partial charge in [0.1, 0.15) is 5.82 Å². The molecule has 98 valence electrons. The number of piperazine rings is 1. The smallest absolute Gasteiger partial charge is 0.254 e. The Balaban J connectivity index is 0.00000120. The lowest BCUT2D eigenvalue weighted by atomic mass is 10.1. The summed E-state index contributed by atoms with van der Waals surface area (Å²) in [6.07, 6.45) is 2.15. The van der Waals surface area contributed by atoms with Crippen LogP contribution in [-0.2, 0) is 0 Å². The Kier molecular flexibility index (Phi) is 3.59. The summed E-state index contributed by atoms with van der Waals surface area (Å²) in [7, 11) is 0. The predicted molar refractivity (Wildman–Crippen MR) is 69.5 cm³/mol. The van der Waals surface area contributed by atoms with E-state index in [2.05, 4.69) is 5.32 Å². The molecule has 1 saturated heterocycles. The third kappa shape index (κ3) is 2.22. The molecular formula is C13H16ClFN2O. The van der Waals surface area contributed by atoms with E-state index in [4.69, 9.17) is 0 Å². The van der Waals surface area contributed by atoms with Gasteiger partial charge < -0.3 is 10.2 Å². The summed E-state index contributed by atoms with van der Waals surface area (Å²) in [4.78, 5) is 14.3. The highest BCUT2D eigenvalue weighted by Gasteiger charge is 2.51. The van der Waals surface area contributed by atoms with Crippen LogP contribution in [0.25, 0.3) is 0 Å². The maximum atomic E-state index is 12.8. The second kappa shape index (κ2) is 4.86.